The number of anilines is 1. The van der Waals surface area contributed by atoms with Crippen LogP contribution in [0.15, 0.2) is 48.5 Å². The minimum Gasteiger partial charge on any atom is -0.298 e. The third kappa shape index (κ3) is 2.37. The number of carbonyl (C=O) groups excluding carboxylic acids is 1. The summed E-state index contributed by atoms with van der Waals surface area (Å²) in [5.41, 5.74) is 1.90. The number of carbonyl (C=O) groups is 1. The minimum atomic E-state index is -0.228. The molecule has 0 bridgehead atoms. The molecule has 0 saturated carbocycles. The van der Waals surface area contributed by atoms with Gasteiger partial charge in [0, 0.05) is 5.56 Å². The molecule has 0 aliphatic heterocycles. The number of rotatable bonds is 2. The Balaban J connectivity index is 1.82. The van der Waals surface area contributed by atoms with Crippen molar-refractivity contribution in [1.29, 1.82) is 5.26 Å². The topological polar surface area (TPSA) is 65.8 Å². The number of hydrogen-bond acceptors (Lipinski definition) is 4. The van der Waals surface area contributed by atoms with Crippen molar-refractivity contribution in [1.82, 2.24) is 4.98 Å². The standard InChI is InChI=1S/C15H9N3OS/c16-9-10-5-7-11(8-6-10)14(19)18-15-17-12-3-1-2-4-13(12)20-15/h1-8H,(H,17,18,19). The molecule has 0 aliphatic carbocycles. The first kappa shape index (κ1) is 12.3. The monoisotopic (exact) mass is 279 g/mol. The number of benzene rings is 2. The number of nitrogens with zero attached hydrogens (tertiary/aromatic N) is 2. The highest BCUT2D eigenvalue weighted by Crippen LogP contribution is 2.25. The summed E-state index contributed by atoms with van der Waals surface area (Å²) in [5.74, 6) is -0.228. The quantitative estimate of drug-likeness (QED) is 0.781. The van der Waals surface area contributed by atoms with E-state index in [1.165, 1.54) is 11.3 Å². The van der Waals surface area contributed by atoms with E-state index >= 15 is 0 Å². The number of hydrogen-bond donors (Lipinski definition) is 1. The van der Waals surface area contributed by atoms with Crippen molar-refractivity contribution in [3.63, 3.8) is 0 Å². The van der Waals surface area contributed by atoms with Crippen LogP contribution < -0.4 is 5.32 Å². The molecule has 1 N–H and O–H groups in total. The summed E-state index contributed by atoms with van der Waals surface area (Å²) in [6.07, 6.45) is 0. The SMILES string of the molecule is N#Cc1ccc(C(=O)Nc2nc3ccccc3s2)cc1. The average molecular weight is 279 g/mol. The van der Waals surface area contributed by atoms with Gasteiger partial charge in [-0.1, -0.05) is 23.5 Å². The largest absolute Gasteiger partial charge is 0.298 e. The van der Waals surface area contributed by atoms with Crippen LogP contribution in [0.2, 0.25) is 0 Å². The molecule has 0 fully saturated rings. The van der Waals surface area contributed by atoms with E-state index in [2.05, 4.69) is 10.3 Å². The summed E-state index contributed by atoms with van der Waals surface area (Å²) in [6.45, 7) is 0. The van der Waals surface area contributed by atoms with Crippen LogP contribution >= 0.6 is 11.3 Å². The molecular weight excluding hydrogens is 270 g/mol. The fraction of sp³-hybridized carbons (Fsp3) is 0. The van der Waals surface area contributed by atoms with Gasteiger partial charge in [-0.15, -0.1) is 0 Å². The van der Waals surface area contributed by atoms with Gasteiger partial charge in [0.15, 0.2) is 5.13 Å². The number of aromatic nitrogens is 1. The molecule has 0 unspecified atom stereocenters. The van der Waals surface area contributed by atoms with Crippen LogP contribution in [-0.2, 0) is 0 Å². The van der Waals surface area contributed by atoms with Crippen molar-refractivity contribution in [3.8, 4) is 6.07 Å². The summed E-state index contributed by atoms with van der Waals surface area (Å²) >= 11 is 1.43. The van der Waals surface area contributed by atoms with Crippen LogP contribution in [0.1, 0.15) is 15.9 Å². The maximum absolute atomic E-state index is 12.1. The fourth-order valence-corrected chi connectivity index (χ4v) is 2.65. The van der Waals surface area contributed by atoms with Gasteiger partial charge >= 0.3 is 0 Å². The third-order valence-corrected chi connectivity index (χ3v) is 3.74. The maximum Gasteiger partial charge on any atom is 0.257 e. The molecule has 5 heteroatoms. The second kappa shape index (κ2) is 5.11. The molecule has 4 nitrogen and oxygen atoms in total. The highest BCUT2D eigenvalue weighted by Gasteiger charge is 2.09. The lowest BCUT2D eigenvalue weighted by molar-refractivity contribution is 0.102. The second-order valence-electron chi connectivity index (χ2n) is 4.13. The summed E-state index contributed by atoms with van der Waals surface area (Å²) in [4.78, 5) is 16.4. The molecule has 0 radical (unpaired) electrons. The Morgan fingerprint density at radius 1 is 1.15 bits per heavy atom. The van der Waals surface area contributed by atoms with Gasteiger partial charge in [-0.2, -0.15) is 5.26 Å². The van der Waals surface area contributed by atoms with Crippen molar-refractivity contribution in [2.45, 2.75) is 0 Å². The first-order chi connectivity index (χ1) is 9.76. The van der Waals surface area contributed by atoms with Crippen molar-refractivity contribution >= 4 is 32.6 Å². The molecule has 0 atom stereocenters. The van der Waals surface area contributed by atoms with Crippen molar-refractivity contribution in [2.75, 3.05) is 5.32 Å². The Labute approximate surface area is 119 Å². The molecule has 3 aromatic rings. The van der Waals surface area contributed by atoms with E-state index in [-0.39, 0.29) is 5.91 Å². The Bertz CT molecular complexity index is 782. The lowest BCUT2D eigenvalue weighted by Gasteiger charge is -2.01. The predicted molar refractivity (Wildman–Crippen MR) is 78.7 cm³/mol. The van der Waals surface area contributed by atoms with E-state index in [4.69, 9.17) is 5.26 Å². The Morgan fingerprint density at radius 2 is 1.90 bits per heavy atom. The molecule has 0 aliphatic rings. The molecule has 0 spiro atoms. The predicted octanol–water partition coefficient (Wildman–Crippen LogP) is 3.42. The van der Waals surface area contributed by atoms with Gasteiger partial charge in [-0.25, -0.2) is 4.98 Å². The Morgan fingerprint density at radius 3 is 2.60 bits per heavy atom. The van der Waals surface area contributed by atoms with Gasteiger partial charge in [0.25, 0.3) is 5.91 Å². The second-order valence-corrected chi connectivity index (χ2v) is 5.16. The zero-order chi connectivity index (χ0) is 13.9. The van der Waals surface area contributed by atoms with Gasteiger partial charge < -0.3 is 0 Å². The molecule has 2 aromatic carbocycles. The van der Waals surface area contributed by atoms with E-state index in [1.54, 1.807) is 24.3 Å². The van der Waals surface area contributed by atoms with E-state index in [0.717, 1.165) is 10.2 Å². The van der Waals surface area contributed by atoms with Crippen LogP contribution in [0.3, 0.4) is 0 Å². The average Bonchev–Trinajstić information content (AvgIpc) is 2.89. The molecule has 3 rings (SSSR count). The Kier molecular flexibility index (Phi) is 3.15. The van der Waals surface area contributed by atoms with Crippen molar-refractivity contribution in [2.24, 2.45) is 0 Å². The lowest BCUT2D eigenvalue weighted by Crippen LogP contribution is -2.11. The van der Waals surface area contributed by atoms with E-state index < -0.39 is 0 Å². The fourth-order valence-electron chi connectivity index (χ4n) is 1.79. The normalized spacial score (nSPS) is 10.2. The molecule has 20 heavy (non-hydrogen) atoms. The van der Waals surface area contributed by atoms with Crippen molar-refractivity contribution in [3.05, 3.63) is 59.7 Å². The van der Waals surface area contributed by atoms with Gasteiger partial charge in [0.05, 0.1) is 21.8 Å². The number of amides is 1. The highest BCUT2D eigenvalue weighted by molar-refractivity contribution is 7.22. The highest BCUT2D eigenvalue weighted by atomic mass is 32.1. The summed E-state index contributed by atoms with van der Waals surface area (Å²) in [7, 11) is 0. The number of nitriles is 1. The van der Waals surface area contributed by atoms with Gasteiger partial charge in [-0.05, 0) is 36.4 Å². The first-order valence-electron chi connectivity index (χ1n) is 5.93. The van der Waals surface area contributed by atoms with Gasteiger partial charge in [-0.3, -0.25) is 10.1 Å². The number of fused-ring (bicyclic) bond motifs is 1. The summed E-state index contributed by atoms with van der Waals surface area (Å²) < 4.78 is 1.03. The number of nitrogens with one attached hydrogen (secondary N) is 1. The van der Waals surface area contributed by atoms with Crippen LogP contribution in [0.25, 0.3) is 10.2 Å². The molecule has 1 heterocycles. The van der Waals surface area contributed by atoms with E-state index in [9.17, 15) is 4.79 Å². The minimum absolute atomic E-state index is 0.228. The molecule has 1 aromatic heterocycles. The van der Waals surface area contributed by atoms with E-state index in [1.807, 2.05) is 30.3 Å². The summed E-state index contributed by atoms with van der Waals surface area (Å²) in [6, 6.07) is 16.2. The molecular formula is C15H9N3OS. The van der Waals surface area contributed by atoms with Gasteiger partial charge in [0.1, 0.15) is 0 Å². The van der Waals surface area contributed by atoms with Crippen LogP contribution in [0, 0.1) is 11.3 Å². The molecule has 0 saturated heterocycles. The molecule has 1 amide bonds. The van der Waals surface area contributed by atoms with Crippen molar-refractivity contribution < 1.29 is 4.79 Å². The Hall–Kier alpha value is -2.71. The summed E-state index contributed by atoms with van der Waals surface area (Å²) in [5, 5.41) is 12.1. The smallest absolute Gasteiger partial charge is 0.257 e. The zero-order valence-corrected chi connectivity index (χ0v) is 11.1. The van der Waals surface area contributed by atoms with E-state index in [0.29, 0.717) is 16.3 Å². The number of thiazole rings is 1. The van der Waals surface area contributed by atoms with Crippen LogP contribution in [-0.4, -0.2) is 10.9 Å². The lowest BCUT2D eigenvalue weighted by atomic mass is 10.1. The zero-order valence-electron chi connectivity index (χ0n) is 10.3. The maximum atomic E-state index is 12.1. The van der Waals surface area contributed by atoms with Gasteiger partial charge in [0.2, 0.25) is 0 Å². The van der Waals surface area contributed by atoms with Crippen LogP contribution in [0.4, 0.5) is 5.13 Å². The third-order valence-electron chi connectivity index (χ3n) is 2.79. The molecule has 96 valence electrons. The number of para-hydroxylation sites is 1. The first-order valence-corrected chi connectivity index (χ1v) is 6.75. The van der Waals surface area contributed by atoms with Crippen LogP contribution in [0.5, 0.6) is 0 Å².